The number of ether oxygens (including phenoxy) is 1. The van der Waals surface area contributed by atoms with Crippen molar-refractivity contribution in [1.29, 1.82) is 0 Å². The number of carbonyl (C=O) groups excluding carboxylic acids is 1. The minimum atomic E-state index is -0.0245. The number of aromatic nitrogens is 2. The zero-order valence-corrected chi connectivity index (χ0v) is 11.3. The lowest BCUT2D eigenvalue weighted by atomic mass is 10.2. The van der Waals surface area contributed by atoms with Crippen molar-refractivity contribution < 1.29 is 9.53 Å². The van der Waals surface area contributed by atoms with Crippen LogP contribution in [0.5, 0.6) is 0 Å². The van der Waals surface area contributed by atoms with Gasteiger partial charge in [0.2, 0.25) is 0 Å². The molecule has 6 nitrogen and oxygen atoms in total. The maximum absolute atomic E-state index is 12.2. The predicted molar refractivity (Wildman–Crippen MR) is 69.5 cm³/mol. The molecule has 0 aliphatic rings. The molecule has 0 atom stereocenters. The largest absolute Gasteiger partial charge is 0.383 e. The third-order valence-corrected chi connectivity index (χ3v) is 2.89. The van der Waals surface area contributed by atoms with Gasteiger partial charge in [0.15, 0.2) is 0 Å². The van der Waals surface area contributed by atoms with Crippen molar-refractivity contribution in [2.75, 3.05) is 33.9 Å². The molecule has 0 unspecified atom stereocenters. The summed E-state index contributed by atoms with van der Waals surface area (Å²) in [6, 6.07) is 0. The smallest absolute Gasteiger partial charge is 0.257 e. The average Bonchev–Trinajstić information content (AvgIpc) is 2.74. The van der Waals surface area contributed by atoms with Crippen LogP contribution >= 0.6 is 0 Å². The second kappa shape index (κ2) is 7.13. The van der Waals surface area contributed by atoms with Crippen LogP contribution in [0.25, 0.3) is 0 Å². The van der Waals surface area contributed by atoms with Crippen molar-refractivity contribution in [1.82, 2.24) is 14.7 Å². The molecule has 0 aliphatic heterocycles. The van der Waals surface area contributed by atoms with Crippen molar-refractivity contribution in [3.05, 3.63) is 17.5 Å². The molecule has 0 saturated heterocycles. The Morgan fingerprint density at radius 3 is 2.94 bits per heavy atom. The van der Waals surface area contributed by atoms with E-state index in [1.807, 2.05) is 11.6 Å². The van der Waals surface area contributed by atoms with Crippen LogP contribution in [0.1, 0.15) is 22.5 Å². The van der Waals surface area contributed by atoms with Crippen LogP contribution in [0.2, 0.25) is 0 Å². The van der Waals surface area contributed by atoms with Crippen LogP contribution in [0.3, 0.4) is 0 Å². The van der Waals surface area contributed by atoms with Gasteiger partial charge in [0.05, 0.1) is 18.4 Å². The van der Waals surface area contributed by atoms with E-state index in [9.17, 15) is 4.79 Å². The fraction of sp³-hybridized carbons (Fsp3) is 0.667. The van der Waals surface area contributed by atoms with Gasteiger partial charge in [-0.05, 0) is 19.9 Å². The van der Waals surface area contributed by atoms with Gasteiger partial charge in [0.25, 0.3) is 5.91 Å². The van der Waals surface area contributed by atoms with Gasteiger partial charge in [-0.25, -0.2) is 0 Å². The number of hydrogen-bond donors (Lipinski definition) is 1. The Morgan fingerprint density at radius 2 is 2.33 bits per heavy atom. The first-order chi connectivity index (χ1) is 8.61. The van der Waals surface area contributed by atoms with Crippen LogP contribution in [0.4, 0.5) is 0 Å². The molecule has 1 aromatic rings. The molecule has 0 radical (unpaired) electrons. The predicted octanol–water partition coefficient (Wildman–Crippen LogP) is 0.259. The summed E-state index contributed by atoms with van der Waals surface area (Å²) >= 11 is 0. The van der Waals surface area contributed by atoms with Crippen LogP contribution in [0, 0.1) is 6.92 Å². The Hall–Kier alpha value is -1.40. The number of hydrogen-bond acceptors (Lipinski definition) is 4. The van der Waals surface area contributed by atoms with Gasteiger partial charge in [-0.1, -0.05) is 0 Å². The Kier molecular flexibility index (Phi) is 5.80. The SMILES string of the molecule is COCCN(C)C(=O)c1cnn(CCCN)c1C. The summed E-state index contributed by atoms with van der Waals surface area (Å²) in [4.78, 5) is 13.8. The minimum absolute atomic E-state index is 0.0245. The number of carbonyl (C=O) groups is 1. The van der Waals surface area contributed by atoms with Crippen molar-refractivity contribution in [3.63, 3.8) is 0 Å². The van der Waals surface area contributed by atoms with Crippen molar-refractivity contribution >= 4 is 5.91 Å². The van der Waals surface area contributed by atoms with Gasteiger partial charge in [-0.3, -0.25) is 9.48 Å². The molecule has 102 valence electrons. The van der Waals surface area contributed by atoms with Crippen molar-refractivity contribution in [2.45, 2.75) is 19.9 Å². The van der Waals surface area contributed by atoms with Crippen LogP contribution in [-0.4, -0.2) is 54.4 Å². The van der Waals surface area contributed by atoms with E-state index in [1.165, 1.54) is 0 Å². The molecular weight excluding hydrogens is 232 g/mol. The van der Waals surface area contributed by atoms with Crippen molar-refractivity contribution in [2.24, 2.45) is 5.73 Å². The lowest BCUT2D eigenvalue weighted by molar-refractivity contribution is 0.0743. The summed E-state index contributed by atoms with van der Waals surface area (Å²) in [5.41, 5.74) is 7.00. The van der Waals surface area contributed by atoms with Gasteiger partial charge in [0.1, 0.15) is 0 Å². The van der Waals surface area contributed by atoms with E-state index in [-0.39, 0.29) is 5.91 Å². The number of rotatable bonds is 7. The Bertz CT molecular complexity index is 389. The normalized spacial score (nSPS) is 10.7. The third kappa shape index (κ3) is 3.54. The summed E-state index contributed by atoms with van der Waals surface area (Å²) in [6.45, 7) is 4.37. The number of amides is 1. The van der Waals surface area contributed by atoms with E-state index < -0.39 is 0 Å². The molecular formula is C12H22N4O2. The number of likely N-dealkylation sites (N-methyl/N-ethyl adjacent to an activating group) is 1. The van der Waals surface area contributed by atoms with Gasteiger partial charge < -0.3 is 15.4 Å². The molecule has 0 saturated carbocycles. The highest BCUT2D eigenvalue weighted by Crippen LogP contribution is 2.10. The fourth-order valence-corrected chi connectivity index (χ4v) is 1.66. The highest BCUT2D eigenvalue weighted by Gasteiger charge is 2.17. The maximum Gasteiger partial charge on any atom is 0.257 e. The topological polar surface area (TPSA) is 73.4 Å². The van der Waals surface area contributed by atoms with Crippen molar-refractivity contribution in [3.8, 4) is 0 Å². The summed E-state index contributed by atoms with van der Waals surface area (Å²) in [5.74, 6) is -0.0245. The van der Waals surface area contributed by atoms with Gasteiger partial charge in [0, 0.05) is 32.9 Å². The van der Waals surface area contributed by atoms with Gasteiger partial charge in [-0.15, -0.1) is 0 Å². The molecule has 0 spiro atoms. The molecule has 2 N–H and O–H groups in total. The molecule has 0 aliphatic carbocycles. The maximum atomic E-state index is 12.2. The lowest BCUT2D eigenvalue weighted by Gasteiger charge is -2.16. The molecule has 1 aromatic heterocycles. The van der Waals surface area contributed by atoms with E-state index >= 15 is 0 Å². The number of methoxy groups -OCH3 is 1. The summed E-state index contributed by atoms with van der Waals surface area (Å²) in [6.07, 6.45) is 2.48. The van der Waals surface area contributed by atoms with E-state index in [0.29, 0.717) is 25.3 Å². The molecule has 1 rings (SSSR count). The Labute approximate surface area is 108 Å². The zero-order chi connectivity index (χ0) is 13.5. The van der Waals surface area contributed by atoms with Crippen LogP contribution in [0.15, 0.2) is 6.20 Å². The summed E-state index contributed by atoms with van der Waals surface area (Å²) in [5, 5.41) is 4.22. The first-order valence-electron chi connectivity index (χ1n) is 6.08. The number of nitrogens with zero attached hydrogens (tertiary/aromatic N) is 3. The van der Waals surface area contributed by atoms with Crippen LogP contribution in [-0.2, 0) is 11.3 Å². The van der Waals surface area contributed by atoms with Gasteiger partial charge >= 0.3 is 0 Å². The highest BCUT2D eigenvalue weighted by atomic mass is 16.5. The summed E-state index contributed by atoms with van der Waals surface area (Å²) in [7, 11) is 3.38. The summed E-state index contributed by atoms with van der Waals surface area (Å²) < 4.78 is 6.78. The molecule has 1 heterocycles. The monoisotopic (exact) mass is 254 g/mol. The standard InChI is InChI=1S/C12H22N4O2/c1-10-11(9-14-16(10)6-4-5-13)12(17)15(2)7-8-18-3/h9H,4-8,13H2,1-3H3. The fourth-order valence-electron chi connectivity index (χ4n) is 1.66. The zero-order valence-electron chi connectivity index (χ0n) is 11.3. The second-order valence-electron chi connectivity index (χ2n) is 4.23. The molecule has 0 bridgehead atoms. The lowest BCUT2D eigenvalue weighted by Crippen LogP contribution is -2.30. The first-order valence-corrected chi connectivity index (χ1v) is 6.08. The number of nitrogens with two attached hydrogens (primary N) is 1. The first kappa shape index (κ1) is 14.7. The second-order valence-corrected chi connectivity index (χ2v) is 4.23. The van der Waals surface area contributed by atoms with E-state index in [4.69, 9.17) is 10.5 Å². The Morgan fingerprint density at radius 1 is 1.61 bits per heavy atom. The van der Waals surface area contributed by atoms with Gasteiger partial charge in [-0.2, -0.15) is 5.10 Å². The minimum Gasteiger partial charge on any atom is -0.383 e. The highest BCUT2D eigenvalue weighted by molar-refractivity contribution is 5.94. The van der Waals surface area contributed by atoms with E-state index in [0.717, 1.165) is 18.7 Å². The van der Waals surface area contributed by atoms with Crippen LogP contribution < -0.4 is 5.73 Å². The quantitative estimate of drug-likeness (QED) is 0.757. The molecule has 1 amide bonds. The molecule has 18 heavy (non-hydrogen) atoms. The molecule has 6 heteroatoms. The molecule has 0 aromatic carbocycles. The number of aryl methyl sites for hydroxylation is 1. The average molecular weight is 254 g/mol. The Balaban J connectivity index is 2.71. The third-order valence-electron chi connectivity index (χ3n) is 2.89. The van der Waals surface area contributed by atoms with E-state index in [2.05, 4.69) is 5.10 Å². The van der Waals surface area contributed by atoms with E-state index in [1.54, 1.807) is 25.3 Å². The molecule has 0 fully saturated rings.